The van der Waals surface area contributed by atoms with Gasteiger partial charge in [0.1, 0.15) is 5.75 Å². The quantitative estimate of drug-likeness (QED) is 0.859. The average Bonchev–Trinajstić information content (AvgIpc) is 2.67. The van der Waals surface area contributed by atoms with Gasteiger partial charge in [0, 0.05) is 24.3 Å². The summed E-state index contributed by atoms with van der Waals surface area (Å²) in [7, 11) is 0. The standard InChI is InChI=1S/C22H25NO3/c24-22(25)20(12-10-16-6-2-1-3-7-16)26-19-13-11-17-8-4-14-23-15-5-9-18(19)21(17)23/h1-3,6-7,11,13,20H,4-5,8-10,12,14-15H2,(H,24,25). The highest BCUT2D eigenvalue weighted by Crippen LogP contribution is 2.40. The van der Waals surface area contributed by atoms with Gasteiger partial charge in [0.2, 0.25) is 0 Å². The van der Waals surface area contributed by atoms with Crippen molar-refractivity contribution in [2.75, 3.05) is 18.0 Å². The van der Waals surface area contributed by atoms with E-state index < -0.39 is 12.1 Å². The van der Waals surface area contributed by atoms with E-state index in [0.717, 1.165) is 43.7 Å². The van der Waals surface area contributed by atoms with Crippen molar-refractivity contribution < 1.29 is 14.6 Å². The van der Waals surface area contributed by atoms with Gasteiger partial charge in [0.05, 0.1) is 0 Å². The number of aliphatic carboxylic acids is 1. The Labute approximate surface area is 154 Å². The Kier molecular flexibility index (Phi) is 4.83. The molecule has 2 heterocycles. The van der Waals surface area contributed by atoms with Crippen molar-refractivity contribution in [1.82, 2.24) is 0 Å². The number of nitrogens with zero attached hydrogens (tertiary/aromatic N) is 1. The summed E-state index contributed by atoms with van der Waals surface area (Å²) in [6, 6.07) is 14.1. The molecule has 2 aliphatic heterocycles. The average molecular weight is 351 g/mol. The monoisotopic (exact) mass is 351 g/mol. The maximum atomic E-state index is 11.8. The fourth-order valence-electron chi connectivity index (χ4n) is 4.18. The Bertz CT molecular complexity index is 785. The molecule has 0 radical (unpaired) electrons. The zero-order chi connectivity index (χ0) is 17.9. The van der Waals surface area contributed by atoms with Crippen molar-refractivity contribution in [3.63, 3.8) is 0 Å². The first-order chi connectivity index (χ1) is 12.7. The maximum absolute atomic E-state index is 11.8. The van der Waals surface area contributed by atoms with Crippen molar-refractivity contribution in [3.8, 4) is 5.75 Å². The molecule has 136 valence electrons. The van der Waals surface area contributed by atoms with E-state index in [4.69, 9.17) is 4.74 Å². The predicted molar refractivity (Wildman–Crippen MR) is 102 cm³/mol. The highest BCUT2D eigenvalue weighted by Gasteiger charge is 2.28. The lowest BCUT2D eigenvalue weighted by molar-refractivity contribution is -0.145. The second-order valence-corrected chi connectivity index (χ2v) is 7.21. The first kappa shape index (κ1) is 17.0. The number of ether oxygens (including phenoxy) is 1. The molecule has 0 aromatic heterocycles. The third kappa shape index (κ3) is 3.41. The molecule has 4 heteroatoms. The first-order valence-electron chi connectivity index (χ1n) is 9.55. The largest absolute Gasteiger partial charge is 0.479 e. The lowest BCUT2D eigenvalue weighted by Crippen LogP contribution is -2.35. The Morgan fingerprint density at radius 3 is 2.62 bits per heavy atom. The summed E-state index contributed by atoms with van der Waals surface area (Å²) in [4.78, 5) is 14.2. The van der Waals surface area contributed by atoms with Crippen molar-refractivity contribution in [3.05, 3.63) is 59.2 Å². The molecule has 4 nitrogen and oxygen atoms in total. The minimum Gasteiger partial charge on any atom is -0.479 e. The molecule has 1 N–H and O–H groups in total. The van der Waals surface area contributed by atoms with E-state index in [0.29, 0.717) is 12.8 Å². The summed E-state index contributed by atoms with van der Waals surface area (Å²) in [6.07, 6.45) is 4.73. The minimum absolute atomic E-state index is 0.472. The van der Waals surface area contributed by atoms with Gasteiger partial charge in [0.15, 0.2) is 6.10 Å². The molecule has 26 heavy (non-hydrogen) atoms. The second-order valence-electron chi connectivity index (χ2n) is 7.21. The van der Waals surface area contributed by atoms with E-state index >= 15 is 0 Å². The SMILES string of the molecule is O=C(O)C(CCc1ccccc1)Oc1ccc2c3c1CCCN3CCC2. The first-order valence-corrected chi connectivity index (χ1v) is 9.55. The normalized spacial score (nSPS) is 16.7. The highest BCUT2D eigenvalue weighted by atomic mass is 16.5. The number of rotatable bonds is 6. The molecule has 2 aromatic carbocycles. The predicted octanol–water partition coefficient (Wildman–Crippen LogP) is 3.85. The summed E-state index contributed by atoms with van der Waals surface area (Å²) in [6.45, 7) is 2.19. The van der Waals surface area contributed by atoms with E-state index in [1.165, 1.54) is 23.2 Å². The van der Waals surface area contributed by atoms with Crippen LogP contribution in [0.25, 0.3) is 0 Å². The Morgan fingerprint density at radius 1 is 1.08 bits per heavy atom. The van der Waals surface area contributed by atoms with Crippen molar-refractivity contribution in [2.45, 2.75) is 44.6 Å². The van der Waals surface area contributed by atoms with Gasteiger partial charge in [-0.1, -0.05) is 36.4 Å². The molecular weight excluding hydrogens is 326 g/mol. The summed E-state index contributed by atoms with van der Waals surface area (Å²) < 4.78 is 6.04. The number of anilines is 1. The van der Waals surface area contributed by atoms with Crippen molar-refractivity contribution >= 4 is 11.7 Å². The summed E-state index contributed by atoms with van der Waals surface area (Å²) in [5.74, 6) is -0.130. The number of benzene rings is 2. The van der Waals surface area contributed by atoms with E-state index in [1.54, 1.807) is 0 Å². The Hall–Kier alpha value is -2.49. The molecule has 0 saturated carbocycles. The van der Waals surface area contributed by atoms with Crippen LogP contribution in [0.3, 0.4) is 0 Å². The highest BCUT2D eigenvalue weighted by molar-refractivity contribution is 5.73. The van der Waals surface area contributed by atoms with Gasteiger partial charge in [-0.2, -0.15) is 0 Å². The molecule has 0 aliphatic carbocycles. The number of hydrogen-bond acceptors (Lipinski definition) is 3. The lowest BCUT2D eigenvalue weighted by Gasteiger charge is -2.37. The van der Waals surface area contributed by atoms with E-state index in [1.807, 2.05) is 36.4 Å². The number of carboxylic acids is 1. The van der Waals surface area contributed by atoms with Gasteiger partial charge in [-0.3, -0.25) is 0 Å². The van der Waals surface area contributed by atoms with Crippen LogP contribution < -0.4 is 9.64 Å². The van der Waals surface area contributed by atoms with Crippen LogP contribution in [-0.4, -0.2) is 30.3 Å². The van der Waals surface area contributed by atoms with Crippen LogP contribution in [-0.2, 0) is 24.1 Å². The molecule has 1 atom stereocenters. The van der Waals surface area contributed by atoms with Gasteiger partial charge in [-0.05, 0) is 55.7 Å². The van der Waals surface area contributed by atoms with Crippen LogP contribution in [0.4, 0.5) is 5.69 Å². The number of hydrogen-bond donors (Lipinski definition) is 1. The van der Waals surface area contributed by atoms with Crippen LogP contribution in [0, 0.1) is 0 Å². The molecular formula is C22H25NO3. The number of carboxylic acid groups (broad SMARTS) is 1. The zero-order valence-corrected chi connectivity index (χ0v) is 15.0. The lowest BCUT2D eigenvalue weighted by atomic mass is 9.91. The van der Waals surface area contributed by atoms with Gasteiger partial charge in [-0.15, -0.1) is 0 Å². The summed E-state index contributed by atoms with van der Waals surface area (Å²) in [5, 5.41) is 9.65. The summed E-state index contributed by atoms with van der Waals surface area (Å²) in [5.41, 5.74) is 5.04. The van der Waals surface area contributed by atoms with Crippen LogP contribution in [0.1, 0.15) is 36.0 Å². The Morgan fingerprint density at radius 2 is 1.85 bits per heavy atom. The van der Waals surface area contributed by atoms with E-state index in [9.17, 15) is 9.90 Å². The smallest absolute Gasteiger partial charge is 0.344 e. The van der Waals surface area contributed by atoms with Crippen LogP contribution in [0.5, 0.6) is 5.75 Å². The van der Waals surface area contributed by atoms with Crippen LogP contribution in [0.2, 0.25) is 0 Å². The number of carbonyl (C=O) groups is 1. The third-order valence-corrected chi connectivity index (χ3v) is 5.45. The van der Waals surface area contributed by atoms with E-state index in [-0.39, 0.29) is 0 Å². The van der Waals surface area contributed by atoms with Crippen molar-refractivity contribution in [2.24, 2.45) is 0 Å². The van der Waals surface area contributed by atoms with Gasteiger partial charge >= 0.3 is 5.97 Å². The van der Waals surface area contributed by atoms with Gasteiger partial charge in [-0.25, -0.2) is 4.79 Å². The van der Waals surface area contributed by atoms with Gasteiger partial charge < -0.3 is 14.7 Å². The fraction of sp³-hybridized carbons (Fsp3) is 0.409. The molecule has 0 amide bonds. The Balaban J connectivity index is 1.55. The molecule has 0 bridgehead atoms. The second kappa shape index (κ2) is 7.40. The molecule has 1 unspecified atom stereocenters. The topological polar surface area (TPSA) is 49.8 Å². The van der Waals surface area contributed by atoms with Gasteiger partial charge in [0.25, 0.3) is 0 Å². The number of aryl methyl sites for hydroxylation is 2. The fourth-order valence-corrected chi connectivity index (χ4v) is 4.18. The summed E-state index contributed by atoms with van der Waals surface area (Å²) >= 11 is 0. The van der Waals surface area contributed by atoms with Crippen LogP contribution in [0.15, 0.2) is 42.5 Å². The molecule has 0 saturated heterocycles. The molecule has 0 fully saturated rings. The molecule has 4 rings (SSSR count). The molecule has 2 aromatic rings. The van der Waals surface area contributed by atoms with E-state index in [2.05, 4.69) is 11.0 Å². The zero-order valence-electron chi connectivity index (χ0n) is 15.0. The maximum Gasteiger partial charge on any atom is 0.344 e. The van der Waals surface area contributed by atoms with Crippen molar-refractivity contribution in [1.29, 1.82) is 0 Å². The molecule has 0 spiro atoms. The minimum atomic E-state index is -0.890. The van der Waals surface area contributed by atoms with Crippen LogP contribution >= 0.6 is 0 Å². The third-order valence-electron chi connectivity index (χ3n) is 5.45. The molecule has 2 aliphatic rings.